The first-order chi connectivity index (χ1) is 18.1. The summed E-state index contributed by atoms with van der Waals surface area (Å²) in [5, 5.41) is 12.7. The molecule has 3 N–H and O–H groups in total. The van der Waals surface area contributed by atoms with Gasteiger partial charge in [0.15, 0.2) is 0 Å². The van der Waals surface area contributed by atoms with Gasteiger partial charge in [-0.05, 0) is 50.1 Å². The van der Waals surface area contributed by atoms with Crippen molar-refractivity contribution in [2.75, 3.05) is 24.6 Å². The Bertz CT molecular complexity index is 938. The van der Waals surface area contributed by atoms with E-state index in [9.17, 15) is 40.7 Å². The highest BCUT2D eigenvalue weighted by Gasteiger charge is 2.38. The topological polar surface area (TPSA) is 116 Å². The highest BCUT2D eigenvalue weighted by Crippen LogP contribution is 2.20. The molecule has 0 saturated carbocycles. The van der Waals surface area contributed by atoms with Crippen LogP contribution in [0.3, 0.4) is 0 Å². The van der Waals surface area contributed by atoms with Gasteiger partial charge in [-0.2, -0.15) is 38.1 Å². The number of carboxylic acid groups (broad SMARTS) is 1. The van der Waals surface area contributed by atoms with E-state index in [1.165, 1.54) is 12.5 Å². The van der Waals surface area contributed by atoms with Gasteiger partial charge in [0.1, 0.15) is 0 Å². The standard InChI is InChI=1S/C22H30F3N3O3S.C2HF3O2/c1-16(29)26-21(31)19(8-5-13-32-15-20(30)22(23,24)25)27-18-9-11-28(12-10-18)14-17-6-3-2-4-7-17;3-2(4,5)1(6)7/h2-4,6-7,18-19,27H,5,8-15H2,1H3,(H,26,29,31);(H,6,7)/t19-;/m0./s1. The first-order valence-electron chi connectivity index (χ1n) is 11.9. The molecule has 0 aromatic heterocycles. The largest absolute Gasteiger partial charge is 0.490 e. The van der Waals surface area contributed by atoms with Crippen LogP contribution in [0.4, 0.5) is 26.3 Å². The predicted octanol–water partition coefficient (Wildman–Crippen LogP) is 3.55. The number of thioether (sulfide) groups is 1. The summed E-state index contributed by atoms with van der Waals surface area (Å²) in [6.07, 6.45) is -7.37. The molecule has 39 heavy (non-hydrogen) atoms. The maximum absolute atomic E-state index is 12.4. The first kappa shape index (κ1) is 34.4. The van der Waals surface area contributed by atoms with Crippen molar-refractivity contribution in [2.24, 2.45) is 0 Å². The molecule has 1 atom stereocenters. The quantitative estimate of drug-likeness (QED) is 0.266. The second-order valence-electron chi connectivity index (χ2n) is 8.72. The Balaban J connectivity index is 0.000000956. The third-order valence-corrected chi connectivity index (χ3v) is 6.51. The molecule has 8 nitrogen and oxygen atoms in total. The number of nitrogens with zero attached hydrogens (tertiary/aromatic N) is 1. The number of benzene rings is 1. The van der Waals surface area contributed by atoms with Gasteiger partial charge in [0.05, 0.1) is 11.8 Å². The molecule has 0 spiro atoms. The van der Waals surface area contributed by atoms with Crippen LogP contribution < -0.4 is 10.6 Å². The molecule has 0 aliphatic carbocycles. The van der Waals surface area contributed by atoms with Gasteiger partial charge < -0.3 is 10.4 Å². The van der Waals surface area contributed by atoms with E-state index in [0.29, 0.717) is 18.6 Å². The molecule has 1 aromatic carbocycles. The van der Waals surface area contributed by atoms with Gasteiger partial charge in [0.25, 0.3) is 0 Å². The number of hydrogen-bond acceptors (Lipinski definition) is 7. The van der Waals surface area contributed by atoms with E-state index in [2.05, 4.69) is 27.7 Å². The monoisotopic (exact) mass is 587 g/mol. The number of Topliss-reactive ketones (excluding diaryl/α,β-unsaturated/α-hetero) is 1. The number of hydrogen-bond donors (Lipinski definition) is 3. The lowest BCUT2D eigenvalue weighted by Crippen LogP contribution is -2.52. The van der Waals surface area contributed by atoms with Crippen molar-refractivity contribution in [1.82, 2.24) is 15.5 Å². The fraction of sp³-hybridized carbons (Fsp3) is 0.583. The van der Waals surface area contributed by atoms with Crippen molar-refractivity contribution in [3.63, 3.8) is 0 Å². The minimum atomic E-state index is -5.08. The van der Waals surface area contributed by atoms with Gasteiger partial charge in [0.2, 0.25) is 17.6 Å². The molecule has 0 unspecified atom stereocenters. The van der Waals surface area contributed by atoms with Gasteiger partial charge in [-0.3, -0.25) is 24.6 Å². The molecule has 0 bridgehead atoms. The lowest BCUT2D eigenvalue weighted by atomic mass is 10.0. The van der Waals surface area contributed by atoms with Crippen LogP contribution in [-0.4, -0.2) is 82.6 Å². The van der Waals surface area contributed by atoms with E-state index in [-0.39, 0.29) is 6.04 Å². The summed E-state index contributed by atoms with van der Waals surface area (Å²) in [4.78, 5) is 45.9. The Morgan fingerprint density at radius 3 is 2.08 bits per heavy atom. The van der Waals surface area contributed by atoms with Crippen LogP contribution in [0.15, 0.2) is 30.3 Å². The number of aliphatic carboxylic acids is 1. The normalized spacial score (nSPS) is 15.6. The number of halogens is 6. The van der Waals surface area contributed by atoms with Crippen LogP contribution in [0.5, 0.6) is 0 Å². The molecule has 1 saturated heterocycles. The number of imide groups is 1. The zero-order valence-electron chi connectivity index (χ0n) is 21.1. The smallest absolute Gasteiger partial charge is 0.475 e. The Labute approximate surface area is 225 Å². The second kappa shape index (κ2) is 16.5. The third kappa shape index (κ3) is 14.9. The number of carbonyl (C=O) groups is 4. The lowest BCUT2D eigenvalue weighted by molar-refractivity contribution is -0.192. The van der Waals surface area contributed by atoms with Gasteiger partial charge in [-0.1, -0.05) is 30.3 Å². The molecule has 1 aromatic rings. The van der Waals surface area contributed by atoms with Crippen LogP contribution in [0.25, 0.3) is 0 Å². The molecule has 1 aliphatic rings. The molecule has 1 heterocycles. The van der Waals surface area contributed by atoms with E-state index in [0.717, 1.165) is 44.2 Å². The molecule has 1 aliphatic heterocycles. The Morgan fingerprint density at radius 2 is 1.59 bits per heavy atom. The average Bonchev–Trinajstić information content (AvgIpc) is 2.83. The number of piperidine rings is 1. The van der Waals surface area contributed by atoms with Gasteiger partial charge in [0, 0.05) is 19.5 Å². The fourth-order valence-corrected chi connectivity index (χ4v) is 4.44. The summed E-state index contributed by atoms with van der Waals surface area (Å²) in [6, 6.07) is 9.70. The van der Waals surface area contributed by atoms with Crippen LogP contribution in [0.1, 0.15) is 38.2 Å². The summed E-state index contributed by atoms with van der Waals surface area (Å²) in [5.74, 6) is -5.70. The van der Waals surface area contributed by atoms with Crippen molar-refractivity contribution in [3.8, 4) is 0 Å². The maximum atomic E-state index is 12.4. The number of carbonyl (C=O) groups excluding carboxylic acids is 3. The van der Waals surface area contributed by atoms with Crippen LogP contribution in [-0.2, 0) is 25.7 Å². The highest BCUT2D eigenvalue weighted by molar-refractivity contribution is 7.99. The third-order valence-electron chi connectivity index (χ3n) is 5.46. The first-order valence-corrected chi connectivity index (χ1v) is 13.1. The number of carboxylic acids is 1. The summed E-state index contributed by atoms with van der Waals surface area (Å²) < 4.78 is 68.5. The van der Waals surface area contributed by atoms with Crippen LogP contribution in [0, 0.1) is 0 Å². The number of amides is 2. The molecule has 2 amide bonds. The van der Waals surface area contributed by atoms with Crippen molar-refractivity contribution in [3.05, 3.63) is 35.9 Å². The summed E-state index contributed by atoms with van der Waals surface area (Å²) in [6.45, 7) is 3.89. The van der Waals surface area contributed by atoms with Gasteiger partial charge in [-0.15, -0.1) is 0 Å². The van der Waals surface area contributed by atoms with E-state index in [1.807, 2.05) is 18.2 Å². The predicted molar refractivity (Wildman–Crippen MR) is 132 cm³/mol. The highest BCUT2D eigenvalue weighted by atomic mass is 32.2. The maximum Gasteiger partial charge on any atom is 0.490 e. The summed E-state index contributed by atoms with van der Waals surface area (Å²) in [5.41, 5.74) is 1.25. The van der Waals surface area contributed by atoms with Gasteiger partial charge in [-0.25, -0.2) is 4.79 Å². The van der Waals surface area contributed by atoms with Crippen molar-refractivity contribution >= 4 is 35.3 Å². The summed E-state index contributed by atoms with van der Waals surface area (Å²) >= 11 is 0.900. The van der Waals surface area contributed by atoms with Gasteiger partial charge >= 0.3 is 18.3 Å². The Kier molecular flexibility index (Phi) is 14.5. The Morgan fingerprint density at radius 1 is 1.03 bits per heavy atom. The molecule has 2 rings (SSSR count). The minimum Gasteiger partial charge on any atom is -0.475 e. The zero-order valence-corrected chi connectivity index (χ0v) is 21.9. The van der Waals surface area contributed by atoms with E-state index < -0.39 is 47.7 Å². The van der Waals surface area contributed by atoms with Crippen molar-refractivity contribution in [2.45, 2.75) is 63.6 Å². The molecule has 1 fully saturated rings. The number of alkyl halides is 6. The molecular formula is C24H31F6N3O5S. The number of rotatable bonds is 11. The zero-order chi connectivity index (χ0) is 29.6. The molecule has 15 heteroatoms. The fourth-order valence-electron chi connectivity index (χ4n) is 3.57. The van der Waals surface area contributed by atoms with Crippen molar-refractivity contribution < 1.29 is 50.6 Å². The Hall–Kier alpha value is -2.65. The minimum absolute atomic E-state index is 0.115. The lowest BCUT2D eigenvalue weighted by Gasteiger charge is -2.34. The average molecular weight is 588 g/mol. The van der Waals surface area contributed by atoms with Crippen molar-refractivity contribution in [1.29, 1.82) is 0 Å². The number of ketones is 1. The molecular weight excluding hydrogens is 556 g/mol. The van der Waals surface area contributed by atoms with E-state index >= 15 is 0 Å². The molecule has 220 valence electrons. The second-order valence-corrected chi connectivity index (χ2v) is 9.82. The summed E-state index contributed by atoms with van der Waals surface area (Å²) in [7, 11) is 0. The molecule has 0 radical (unpaired) electrons. The van der Waals surface area contributed by atoms with E-state index in [4.69, 9.17) is 9.90 Å². The van der Waals surface area contributed by atoms with Crippen LogP contribution in [0.2, 0.25) is 0 Å². The SMILES string of the molecule is CC(=O)NC(=O)[C@H](CCCSCC(=O)C(F)(F)F)NC1CCN(Cc2ccccc2)CC1.O=C(O)C(F)(F)F. The van der Waals surface area contributed by atoms with Crippen LogP contribution >= 0.6 is 11.8 Å². The number of likely N-dealkylation sites (tertiary alicyclic amines) is 1. The van der Waals surface area contributed by atoms with E-state index in [1.54, 1.807) is 0 Å². The number of nitrogens with one attached hydrogen (secondary N) is 2.